The molecular formula is C17H24ClN3O4. The number of carboxylic acid groups (broad SMARTS) is 1. The summed E-state index contributed by atoms with van der Waals surface area (Å²) in [4.78, 5) is 38.6. The average Bonchev–Trinajstić information content (AvgIpc) is 2.54. The third-order valence-electron chi connectivity index (χ3n) is 4.04. The summed E-state index contributed by atoms with van der Waals surface area (Å²) in [5, 5.41) is 12.0. The van der Waals surface area contributed by atoms with Gasteiger partial charge in [0.05, 0.1) is 6.54 Å². The van der Waals surface area contributed by atoms with Crippen molar-refractivity contribution in [3.8, 4) is 0 Å². The third kappa shape index (κ3) is 5.72. The molecule has 8 heteroatoms. The molecule has 1 aromatic rings. The number of hydrogen-bond acceptors (Lipinski definition) is 4. The molecule has 1 aliphatic rings. The van der Waals surface area contributed by atoms with Gasteiger partial charge in [-0.2, -0.15) is 0 Å². The summed E-state index contributed by atoms with van der Waals surface area (Å²) >= 11 is 0. The van der Waals surface area contributed by atoms with Crippen LogP contribution in [0.3, 0.4) is 0 Å². The Morgan fingerprint density at radius 2 is 2.00 bits per heavy atom. The highest BCUT2D eigenvalue weighted by Crippen LogP contribution is 2.17. The molecule has 138 valence electrons. The monoisotopic (exact) mass is 369 g/mol. The Morgan fingerprint density at radius 3 is 2.64 bits per heavy atom. The van der Waals surface area contributed by atoms with Crippen molar-refractivity contribution >= 4 is 35.9 Å². The lowest BCUT2D eigenvalue weighted by atomic mass is 10.0. The molecule has 1 fully saturated rings. The highest BCUT2D eigenvalue weighted by atomic mass is 35.5. The number of aliphatic carboxylic acids is 1. The Labute approximate surface area is 153 Å². The van der Waals surface area contributed by atoms with E-state index >= 15 is 0 Å². The molecular weight excluding hydrogens is 346 g/mol. The van der Waals surface area contributed by atoms with E-state index in [0.29, 0.717) is 24.2 Å². The largest absolute Gasteiger partial charge is 0.480 e. The first kappa shape index (κ1) is 20.9. The second-order valence-electron chi connectivity index (χ2n) is 6.15. The molecule has 0 aromatic heterocycles. The van der Waals surface area contributed by atoms with Gasteiger partial charge in [0.1, 0.15) is 6.04 Å². The number of carboxylic acids is 1. The molecule has 1 unspecified atom stereocenters. The quantitative estimate of drug-likeness (QED) is 0.824. The van der Waals surface area contributed by atoms with Gasteiger partial charge in [0.2, 0.25) is 5.91 Å². The van der Waals surface area contributed by atoms with Crippen molar-refractivity contribution in [2.45, 2.75) is 25.3 Å². The molecule has 7 nitrogen and oxygen atoms in total. The van der Waals surface area contributed by atoms with E-state index in [2.05, 4.69) is 5.32 Å². The molecule has 0 radical (unpaired) electrons. The van der Waals surface area contributed by atoms with Crippen LogP contribution in [0.1, 0.15) is 29.6 Å². The number of rotatable bonds is 5. The molecule has 2 N–H and O–H groups in total. The number of benzene rings is 1. The minimum absolute atomic E-state index is 0. The van der Waals surface area contributed by atoms with Crippen LogP contribution in [0.2, 0.25) is 0 Å². The van der Waals surface area contributed by atoms with Gasteiger partial charge in [0, 0.05) is 25.3 Å². The number of carbonyl (C=O) groups excluding carboxylic acids is 2. The summed E-state index contributed by atoms with van der Waals surface area (Å²) < 4.78 is 0. The number of likely N-dealkylation sites (tertiary alicyclic amines) is 1. The maximum atomic E-state index is 12.2. The predicted molar refractivity (Wildman–Crippen MR) is 97.2 cm³/mol. The lowest BCUT2D eigenvalue weighted by Gasteiger charge is -2.32. The van der Waals surface area contributed by atoms with Crippen LogP contribution in [0.15, 0.2) is 24.3 Å². The normalized spacial score (nSPS) is 17.3. The number of halogens is 1. The molecule has 0 saturated carbocycles. The number of piperidine rings is 1. The topological polar surface area (TPSA) is 90.0 Å². The highest BCUT2D eigenvalue weighted by Gasteiger charge is 2.29. The Hall–Kier alpha value is -2.12. The van der Waals surface area contributed by atoms with E-state index in [1.807, 2.05) is 0 Å². The first-order chi connectivity index (χ1) is 11.4. The minimum atomic E-state index is -0.888. The van der Waals surface area contributed by atoms with Gasteiger partial charge in [-0.15, -0.1) is 12.4 Å². The molecule has 2 amide bonds. The van der Waals surface area contributed by atoms with Crippen LogP contribution >= 0.6 is 12.4 Å². The lowest BCUT2D eigenvalue weighted by Crippen LogP contribution is -2.47. The number of nitrogens with zero attached hydrogens (tertiary/aromatic N) is 2. The fourth-order valence-corrected chi connectivity index (χ4v) is 2.83. The zero-order valence-electron chi connectivity index (χ0n) is 14.4. The number of nitrogens with one attached hydrogen (secondary N) is 1. The summed E-state index contributed by atoms with van der Waals surface area (Å²) in [5.74, 6) is -1.31. The van der Waals surface area contributed by atoms with Gasteiger partial charge in [-0.3, -0.25) is 19.3 Å². The van der Waals surface area contributed by atoms with E-state index in [4.69, 9.17) is 0 Å². The maximum Gasteiger partial charge on any atom is 0.320 e. The number of amides is 2. The van der Waals surface area contributed by atoms with Crippen LogP contribution < -0.4 is 5.32 Å². The highest BCUT2D eigenvalue weighted by molar-refractivity contribution is 5.97. The number of hydrogen-bond donors (Lipinski definition) is 2. The molecule has 1 saturated heterocycles. The predicted octanol–water partition coefficient (Wildman–Crippen LogP) is 1.69. The van der Waals surface area contributed by atoms with Gasteiger partial charge in [-0.05, 0) is 37.6 Å². The second-order valence-corrected chi connectivity index (χ2v) is 6.15. The third-order valence-corrected chi connectivity index (χ3v) is 4.04. The van der Waals surface area contributed by atoms with E-state index in [0.717, 1.165) is 12.8 Å². The van der Waals surface area contributed by atoms with Gasteiger partial charge in [0.15, 0.2) is 0 Å². The van der Waals surface area contributed by atoms with Crippen LogP contribution in [-0.4, -0.2) is 65.9 Å². The van der Waals surface area contributed by atoms with Gasteiger partial charge < -0.3 is 15.3 Å². The van der Waals surface area contributed by atoms with Gasteiger partial charge >= 0.3 is 5.97 Å². The Kier molecular flexibility index (Phi) is 7.86. The average molecular weight is 370 g/mol. The summed E-state index contributed by atoms with van der Waals surface area (Å²) in [6.07, 6.45) is 2.32. The SMILES string of the molecule is CN(C)C(=O)c1cccc(NC(=O)CN2CCCCC2C(=O)O)c1.Cl. The van der Waals surface area contributed by atoms with Gasteiger partial charge in [-0.1, -0.05) is 12.5 Å². The van der Waals surface area contributed by atoms with Crippen molar-refractivity contribution in [3.63, 3.8) is 0 Å². The smallest absolute Gasteiger partial charge is 0.320 e. The van der Waals surface area contributed by atoms with Crippen LogP contribution in [0.5, 0.6) is 0 Å². The van der Waals surface area contributed by atoms with E-state index in [-0.39, 0.29) is 30.8 Å². The molecule has 1 heterocycles. The standard InChI is InChI=1S/C17H23N3O4.ClH/c1-19(2)16(22)12-6-5-7-13(10-12)18-15(21)11-20-9-4-3-8-14(20)17(23)24;/h5-7,10,14H,3-4,8-9,11H2,1-2H3,(H,18,21)(H,23,24);1H. The summed E-state index contributed by atoms with van der Waals surface area (Å²) in [6.45, 7) is 0.631. The van der Waals surface area contributed by atoms with Crippen molar-refractivity contribution in [2.75, 3.05) is 32.5 Å². The van der Waals surface area contributed by atoms with Crippen molar-refractivity contribution in [1.82, 2.24) is 9.80 Å². The zero-order valence-corrected chi connectivity index (χ0v) is 15.2. The summed E-state index contributed by atoms with van der Waals surface area (Å²) in [6, 6.07) is 6.10. The van der Waals surface area contributed by atoms with Crippen molar-refractivity contribution in [1.29, 1.82) is 0 Å². The molecule has 1 aromatic carbocycles. The second kappa shape index (κ2) is 9.39. The summed E-state index contributed by atoms with van der Waals surface area (Å²) in [7, 11) is 3.33. The van der Waals surface area contributed by atoms with Gasteiger partial charge in [0.25, 0.3) is 5.91 Å². The fraction of sp³-hybridized carbons (Fsp3) is 0.471. The molecule has 0 spiro atoms. The molecule has 2 rings (SSSR count). The fourth-order valence-electron chi connectivity index (χ4n) is 2.83. The van der Waals surface area contributed by atoms with E-state index in [1.165, 1.54) is 4.90 Å². The Morgan fingerprint density at radius 1 is 1.28 bits per heavy atom. The first-order valence-electron chi connectivity index (χ1n) is 7.97. The number of anilines is 1. The van der Waals surface area contributed by atoms with Crippen molar-refractivity contribution in [2.24, 2.45) is 0 Å². The van der Waals surface area contributed by atoms with Crippen LogP contribution in [0.25, 0.3) is 0 Å². The van der Waals surface area contributed by atoms with Gasteiger partial charge in [-0.25, -0.2) is 0 Å². The van der Waals surface area contributed by atoms with Crippen LogP contribution in [0.4, 0.5) is 5.69 Å². The molecule has 25 heavy (non-hydrogen) atoms. The lowest BCUT2D eigenvalue weighted by molar-refractivity contribution is -0.145. The Bertz CT molecular complexity index is 636. The number of carbonyl (C=O) groups is 3. The van der Waals surface area contributed by atoms with Crippen molar-refractivity contribution < 1.29 is 19.5 Å². The van der Waals surface area contributed by atoms with E-state index in [9.17, 15) is 19.5 Å². The zero-order chi connectivity index (χ0) is 17.7. The summed E-state index contributed by atoms with van der Waals surface area (Å²) in [5.41, 5.74) is 1.01. The van der Waals surface area contributed by atoms with E-state index < -0.39 is 12.0 Å². The maximum absolute atomic E-state index is 12.2. The van der Waals surface area contributed by atoms with Crippen LogP contribution in [-0.2, 0) is 9.59 Å². The van der Waals surface area contributed by atoms with E-state index in [1.54, 1.807) is 43.3 Å². The molecule has 1 atom stereocenters. The first-order valence-corrected chi connectivity index (χ1v) is 7.97. The minimum Gasteiger partial charge on any atom is -0.480 e. The van der Waals surface area contributed by atoms with Crippen molar-refractivity contribution in [3.05, 3.63) is 29.8 Å². The van der Waals surface area contributed by atoms with Crippen LogP contribution in [0, 0.1) is 0 Å². The molecule has 0 bridgehead atoms. The molecule has 0 aliphatic carbocycles. The Balaban J connectivity index is 0.00000312. The molecule has 1 aliphatic heterocycles.